The smallest absolute Gasteiger partial charge is 0.291 e. The average Bonchev–Trinajstić information content (AvgIpc) is 2.91. The summed E-state index contributed by atoms with van der Waals surface area (Å²) in [5, 5.41) is 1.65. The molecular formula is C17H15N3O3S. The molecular weight excluding hydrogens is 326 g/mol. The topological polar surface area (TPSA) is 76.9 Å². The van der Waals surface area contributed by atoms with E-state index in [4.69, 9.17) is 0 Å². The van der Waals surface area contributed by atoms with Crippen LogP contribution >= 0.6 is 11.8 Å². The molecule has 0 aliphatic rings. The fourth-order valence-corrected chi connectivity index (χ4v) is 3.14. The van der Waals surface area contributed by atoms with Crippen LogP contribution in [0.4, 0.5) is 0 Å². The third kappa shape index (κ3) is 2.85. The number of nitrogens with zero attached hydrogens (tertiary/aromatic N) is 2. The van der Waals surface area contributed by atoms with Crippen LogP contribution in [0.15, 0.2) is 70.3 Å². The summed E-state index contributed by atoms with van der Waals surface area (Å²) in [5.41, 5.74) is -0.215. The molecule has 0 spiro atoms. The van der Waals surface area contributed by atoms with Gasteiger partial charge in [0, 0.05) is 5.56 Å². The number of carbonyl (C=O) groups is 1. The van der Waals surface area contributed by atoms with E-state index < -0.39 is 16.8 Å². The Bertz CT molecular complexity index is 958. The number of carbonyl (C=O) groups excluding carboxylic acids is 1. The minimum Gasteiger partial charge on any atom is -0.291 e. The third-order valence-corrected chi connectivity index (χ3v) is 4.44. The zero-order valence-electron chi connectivity index (χ0n) is 12.9. The highest BCUT2D eigenvalue weighted by Crippen LogP contribution is 2.22. The van der Waals surface area contributed by atoms with Gasteiger partial charge in [0.25, 0.3) is 0 Å². The van der Waals surface area contributed by atoms with Gasteiger partial charge in [-0.25, -0.2) is 23.9 Å². The van der Waals surface area contributed by atoms with E-state index in [1.165, 1.54) is 11.8 Å². The molecule has 2 aromatic carbocycles. The second-order valence-electron chi connectivity index (χ2n) is 5.06. The predicted octanol–water partition coefficient (Wildman–Crippen LogP) is 2.07. The van der Waals surface area contributed by atoms with Gasteiger partial charge in [0.05, 0.1) is 5.69 Å². The molecule has 0 aliphatic heterocycles. The number of thioether (sulfide) groups is 1. The minimum atomic E-state index is -0.836. The highest BCUT2D eigenvalue weighted by atomic mass is 32.2. The molecule has 0 saturated heterocycles. The summed E-state index contributed by atoms with van der Waals surface area (Å²) in [6.45, 7) is 0. The fourth-order valence-electron chi connectivity index (χ4n) is 2.43. The van der Waals surface area contributed by atoms with Crippen LogP contribution in [0.1, 0.15) is 15.7 Å². The Morgan fingerprint density at radius 1 is 1.00 bits per heavy atom. The second-order valence-corrected chi connectivity index (χ2v) is 5.98. The minimum absolute atomic E-state index is 0.244. The summed E-state index contributed by atoms with van der Waals surface area (Å²) in [4.78, 5) is 37.5. The van der Waals surface area contributed by atoms with Gasteiger partial charge in [-0.1, -0.05) is 48.5 Å². The molecule has 0 bridgehead atoms. The Morgan fingerprint density at radius 2 is 1.58 bits per heavy atom. The highest BCUT2D eigenvalue weighted by molar-refractivity contribution is 7.99. The molecule has 0 amide bonds. The quantitative estimate of drug-likeness (QED) is 0.721. The number of aromatic nitrogens is 3. The Labute approximate surface area is 141 Å². The summed E-state index contributed by atoms with van der Waals surface area (Å²) in [6.07, 6.45) is 1.72. The van der Waals surface area contributed by atoms with Gasteiger partial charge in [-0.15, -0.1) is 11.8 Å². The van der Waals surface area contributed by atoms with Crippen molar-refractivity contribution in [3.05, 3.63) is 87.2 Å². The lowest BCUT2D eigenvalue weighted by Crippen LogP contribution is -2.31. The summed E-state index contributed by atoms with van der Waals surface area (Å²) in [6, 6.07) is 17.3. The first-order valence-corrected chi connectivity index (χ1v) is 8.53. The first kappa shape index (κ1) is 16.1. The monoisotopic (exact) mass is 341 g/mol. The molecule has 0 radical (unpaired) electrons. The molecule has 1 aromatic heterocycles. The molecule has 1 heterocycles. The van der Waals surface area contributed by atoms with E-state index >= 15 is 0 Å². The van der Waals surface area contributed by atoms with Crippen molar-refractivity contribution < 1.29 is 4.79 Å². The lowest BCUT2D eigenvalue weighted by Gasteiger charge is -2.13. The van der Waals surface area contributed by atoms with Crippen LogP contribution in [0.3, 0.4) is 0 Å². The van der Waals surface area contributed by atoms with E-state index in [0.29, 0.717) is 11.3 Å². The van der Waals surface area contributed by atoms with Crippen molar-refractivity contribution >= 4 is 17.5 Å². The fraction of sp³-hybridized carbons (Fsp3) is 0.118. The lowest BCUT2D eigenvalue weighted by atomic mass is 10.1. The van der Waals surface area contributed by atoms with Crippen LogP contribution < -0.4 is 11.4 Å². The van der Waals surface area contributed by atoms with Crippen LogP contribution in [0, 0.1) is 0 Å². The summed E-state index contributed by atoms with van der Waals surface area (Å²) in [5.74, 6) is -0.244. The molecule has 0 aliphatic carbocycles. The van der Waals surface area contributed by atoms with Crippen molar-refractivity contribution in [2.45, 2.75) is 5.37 Å². The zero-order chi connectivity index (χ0) is 17.1. The number of ketones is 1. The van der Waals surface area contributed by atoms with Crippen LogP contribution in [-0.4, -0.2) is 26.4 Å². The molecule has 6 nitrogen and oxygen atoms in total. The van der Waals surface area contributed by atoms with E-state index in [1.54, 1.807) is 60.9 Å². The molecule has 24 heavy (non-hydrogen) atoms. The van der Waals surface area contributed by atoms with Crippen LogP contribution in [0.5, 0.6) is 0 Å². The maximum absolute atomic E-state index is 12.7. The Hall–Kier alpha value is -2.80. The number of hydrogen-bond donors (Lipinski definition) is 1. The number of Topliss-reactive ketones (excluding diaryl/α,β-unsaturated/α-hetero) is 1. The molecule has 0 fully saturated rings. The van der Waals surface area contributed by atoms with Gasteiger partial charge in [-0.2, -0.15) is 0 Å². The standard InChI is InChI=1S/C17H15N3O3S/c1-24-15(14(21)12-8-4-2-5-9-12)20-17(23)19(16(22)18-20)13-10-6-3-7-11-13/h2-11,15H,1H3,(H,18,22). The lowest BCUT2D eigenvalue weighted by molar-refractivity contribution is 0.0961. The summed E-state index contributed by atoms with van der Waals surface area (Å²) >= 11 is 1.19. The molecule has 1 atom stereocenters. The maximum Gasteiger partial charge on any atom is 0.353 e. The van der Waals surface area contributed by atoms with E-state index in [9.17, 15) is 14.4 Å². The molecule has 1 unspecified atom stereocenters. The van der Waals surface area contributed by atoms with Crippen LogP contribution in [0.2, 0.25) is 0 Å². The van der Waals surface area contributed by atoms with E-state index in [0.717, 1.165) is 9.25 Å². The first-order valence-electron chi connectivity index (χ1n) is 7.24. The maximum atomic E-state index is 12.7. The van der Waals surface area contributed by atoms with Gasteiger partial charge < -0.3 is 0 Å². The second kappa shape index (κ2) is 6.76. The van der Waals surface area contributed by atoms with Crippen molar-refractivity contribution in [1.82, 2.24) is 14.3 Å². The largest absolute Gasteiger partial charge is 0.353 e. The highest BCUT2D eigenvalue weighted by Gasteiger charge is 2.25. The third-order valence-electron chi connectivity index (χ3n) is 3.57. The molecule has 3 rings (SSSR count). The van der Waals surface area contributed by atoms with Gasteiger partial charge in [0.1, 0.15) is 0 Å². The normalized spacial score (nSPS) is 12.0. The van der Waals surface area contributed by atoms with Crippen LogP contribution in [-0.2, 0) is 0 Å². The number of aromatic amines is 1. The van der Waals surface area contributed by atoms with Crippen molar-refractivity contribution in [1.29, 1.82) is 0 Å². The summed E-state index contributed by atoms with van der Waals surface area (Å²) < 4.78 is 2.09. The number of nitrogens with one attached hydrogen (secondary N) is 1. The molecule has 3 aromatic rings. The van der Waals surface area contributed by atoms with Crippen molar-refractivity contribution in [2.75, 3.05) is 6.26 Å². The Balaban J connectivity index is 2.08. The van der Waals surface area contributed by atoms with E-state index in [-0.39, 0.29) is 5.78 Å². The van der Waals surface area contributed by atoms with Gasteiger partial charge >= 0.3 is 11.4 Å². The van der Waals surface area contributed by atoms with Gasteiger partial charge in [0.15, 0.2) is 11.2 Å². The van der Waals surface area contributed by atoms with Crippen molar-refractivity contribution in [3.63, 3.8) is 0 Å². The summed E-state index contributed by atoms with van der Waals surface area (Å²) in [7, 11) is 0. The van der Waals surface area contributed by atoms with E-state index in [2.05, 4.69) is 5.10 Å². The molecule has 122 valence electrons. The number of rotatable bonds is 5. The predicted molar refractivity (Wildman–Crippen MR) is 94.0 cm³/mol. The zero-order valence-corrected chi connectivity index (χ0v) is 13.7. The molecule has 0 saturated carbocycles. The van der Waals surface area contributed by atoms with Gasteiger partial charge in [-0.3, -0.25) is 4.79 Å². The van der Waals surface area contributed by atoms with E-state index in [1.807, 2.05) is 6.07 Å². The Morgan fingerprint density at radius 3 is 2.17 bits per heavy atom. The van der Waals surface area contributed by atoms with Gasteiger partial charge in [-0.05, 0) is 18.4 Å². The first-order chi connectivity index (χ1) is 11.6. The van der Waals surface area contributed by atoms with Crippen molar-refractivity contribution in [2.24, 2.45) is 0 Å². The number of hydrogen-bond acceptors (Lipinski definition) is 4. The van der Waals surface area contributed by atoms with Gasteiger partial charge in [0.2, 0.25) is 0 Å². The SMILES string of the molecule is CSC(C(=O)c1ccccc1)n1[nH]c(=O)n(-c2ccccc2)c1=O. The Kier molecular flexibility index (Phi) is 4.52. The number of para-hydroxylation sites is 1. The molecule has 7 heteroatoms. The average molecular weight is 341 g/mol. The number of H-pyrrole nitrogens is 1. The van der Waals surface area contributed by atoms with Crippen LogP contribution in [0.25, 0.3) is 5.69 Å². The number of benzene rings is 2. The van der Waals surface area contributed by atoms with Crippen molar-refractivity contribution in [3.8, 4) is 5.69 Å². The molecule has 1 N–H and O–H groups in total.